The molecule has 29 heavy (non-hydrogen) atoms. The summed E-state index contributed by atoms with van der Waals surface area (Å²) in [6.07, 6.45) is 5.04. The van der Waals surface area contributed by atoms with Crippen molar-refractivity contribution in [2.24, 2.45) is 0 Å². The van der Waals surface area contributed by atoms with Crippen molar-refractivity contribution in [2.75, 3.05) is 26.2 Å². The van der Waals surface area contributed by atoms with E-state index in [1.165, 1.54) is 47.9 Å². The molecule has 0 radical (unpaired) electrons. The minimum absolute atomic E-state index is 0.564. The average Bonchev–Trinajstić information content (AvgIpc) is 3.47. The molecule has 3 aromatic heterocycles. The lowest BCUT2D eigenvalue weighted by Gasteiger charge is -2.13. The summed E-state index contributed by atoms with van der Waals surface area (Å²) in [7, 11) is 0. The van der Waals surface area contributed by atoms with Gasteiger partial charge in [-0.2, -0.15) is 0 Å². The van der Waals surface area contributed by atoms with Crippen molar-refractivity contribution in [3.8, 4) is 0 Å². The first-order valence-corrected chi connectivity index (χ1v) is 12.0. The molecule has 0 amide bonds. The number of fused-ring (bicyclic) bond motifs is 1. The molecule has 7 nitrogen and oxygen atoms in total. The second-order valence-corrected chi connectivity index (χ2v) is 10.1. The highest BCUT2D eigenvalue weighted by Gasteiger charge is 2.21. The van der Waals surface area contributed by atoms with Crippen molar-refractivity contribution in [1.82, 2.24) is 30.0 Å². The highest BCUT2D eigenvalue weighted by Crippen LogP contribution is 2.38. The van der Waals surface area contributed by atoms with Crippen molar-refractivity contribution >= 4 is 33.3 Å². The van der Waals surface area contributed by atoms with Gasteiger partial charge in [-0.05, 0) is 83.0 Å². The summed E-state index contributed by atoms with van der Waals surface area (Å²) in [6.45, 7) is 10.3. The number of aromatic nitrogens is 4. The zero-order valence-electron chi connectivity index (χ0n) is 17.0. The topological polar surface area (TPSA) is 71.2 Å². The van der Waals surface area contributed by atoms with Crippen LogP contribution in [0.2, 0.25) is 0 Å². The molecule has 5 heterocycles. The van der Waals surface area contributed by atoms with Gasteiger partial charge in [-0.15, -0.1) is 21.5 Å². The molecule has 2 saturated heterocycles. The smallest absolute Gasteiger partial charge is 0.283 e. The number of hydrogen-bond donors (Lipinski definition) is 0. The fraction of sp³-hybridized carbons (Fsp3) is 0.600. The molecule has 0 aromatic carbocycles. The molecular weight excluding hydrogens is 404 g/mol. The van der Waals surface area contributed by atoms with Crippen LogP contribution in [0.15, 0.2) is 14.7 Å². The standard InChI is InChI=1S/C20H26N6OS2/c1-13-14(2)28-18-17(13)19(22-15(21-18)11-25-7-3-4-8-25)29-20-24-23-16(27-20)12-26-9-5-6-10-26/h3-12H2,1-2H3. The Labute approximate surface area is 178 Å². The molecule has 2 aliphatic rings. The Hall–Kier alpha value is -1.55. The molecule has 0 atom stereocenters. The number of aryl methyl sites for hydroxylation is 2. The first-order chi connectivity index (χ1) is 14.2. The largest absolute Gasteiger partial charge is 0.414 e. The molecule has 0 unspecified atom stereocenters. The summed E-state index contributed by atoms with van der Waals surface area (Å²) >= 11 is 3.22. The summed E-state index contributed by atoms with van der Waals surface area (Å²) < 4.78 is 5.95. The van der Waals surface area contributed by atoms with Gasteiger partial charge in [0.25, 0.3) is 5.22 Å². The lowest BCUT2D eigenvalue weighted by molar-refractivity contribution is 0.278. The number of likely N-dealkylation sites (tertiary alicyclic amines) is 2. The van der Waals surface area contributed by atoms with E-state index >= 15 is 0 Å². The van der Waals surface area contributed by atoms with Gasteiger partial charge in [-0.3, -0.25) is 9.80 Å². The second kappa shape index (κ2) is 8.29. The highest BCUT2D eigenvalue weighted by atomic mass is 32.2. The van der Waals surface area contributed by atoms with Crippen LogP contribution < -0.4 is 0 Å². The van der Waals surface area contributed by atoms with E-state index in [1.54, 1.807) is 11.3 Å². The quantitative estimate of drug-likeness (QED) is 0.543. The number of rotatable bonds is 6. The Balaban J connectivity index is 1.42. The van der Waals surface area contributed by atoms with Crippen molar-refractivity contribution in [2.45, 2.75) is 62.9 Å². The predicted molar refractivity (Wildman–Crippen MR) is 114 cm³/mol. The van der Waals surface area contributed by atoms with E-state index in [0.29, 0.717) is 11.1 Å². The molecule has 3 aromatic rings. The molecule has 2 aliphatic heterocycles. The summed E-state index contributed by atoms with van der Waals surface area (Å²) in [5.74, 6) is 1.58. The molecule has 0 bridgehead atoms. The maximum absolute atomic E-state index is 5.95. The van der Waals surface area contributed by atoms with E-state index in [2.05, 4.69) is 33.8 Å². The molecule has 0 spiro atoms. The SMILES string of the molecule is Cc1sc2nc(CN3CCCC3)nc(Sc3nnc(CN4CCCC4)o3)c2c1C. The van der Waals surface area contributed by atoms with Gasteiger partial charge in [-0.25, -0.2) is 9.97 Å². The van der Waals surface area contributed by atoms with Crippen LogP contribution in [0.25, 0.3) is 10.2 Å². The van der Waals surface area contributed by atoms with Crippen LogP contribution in [0, 0.1) is 13.8 Å². The van der Waals surface area contributed by atoms with E-state index in [4.69, 9.17) is 14.4 Å². The molecule has 0 N–H and O–H groups in total. The number of nitrogens with zero attached hydrogens (tertiary/aromatic N) is 6. The average molecular weight is 431 g/mol. The molecule has 5 rings (SSSR count). The van der Waals surface area contributed by atoms with Crippen molar-refractivity contribution in [3.63, 3.8) is 0 Å². The van der Waals surface area contributed by atoms with Gasteiger partial charge in [0, 0.05) is 10.3 Å². The van der Waals surface area contributed by atoms with Gasteiger partial charge >= 0.3 is 0 Å². The fourth-order valence-corrected chi connectivity index (χ4v) is 6.10. The minimum atomic E-state index is 0.564. The molecule has 9 heteroatoms. The van der Waals surface area contributed by atoms with Crippen LogP contribution >= 0.6 is 23.1 Å². The van der Waals surface area contributed by atoms with Crippen molar-refractivity contribution in [3.05, 3.63) is 22.2 Å². The lowest BCUT2D eigenvalue weighted by Crippen LogP contribution is -2.20. The Morgan fingerprint density at radius 3 is 2.34 bits per heavy atom. The fourth-order valence-electron chi connectivity index (χ4n) is 4.10. The van der Waals surface area contributed by atoms with Crippen LogP contribution in [0.3, 0.4) is 0 Å². The van der Waals surface area contributed by atoms with Crippen LogP contribution in [-0.2, 0) is 13.1 Å². The molecule has 154 valence electrons. The third kappa shape index (κ3) is 4.19. The molecular formula is C20H26N6OS2. The zero-order valence-corrected chi connectivity index (χ0v) is 18.6. The van der Waals surface area contributed by atoms with Crippen molar-refractivity contribution in [1.29, 1.82) is 0 Å². The molecule has 0 saturated carbocycles. The number of hydrogen-bond acceptors (Lipinski definition) is 9. The van der Waals surface area contributed by atoms with E-state index < -0.39 is 0 Å². The molecule has 0 aliphatic carbocycles. The van der Waals surface area contributed by atoms with E-state index in [0.717, 1.165) is 60.3 Å². The maximum atomic E-state index is 5.95. The normalized spacial score (nSPS) is 18.4. The van der Waals surface area contributed by atoms with Crippen LogP contribution in [-0.4, -0.2) is 56.1 Å². The first-order valence-electron chi connectivity index (χ1n) is 10.4. The Morgan fingerprint density at radius 2 is 1.62 bits per heavy atom. The Kier molecular flexibility index (Phi) is 5.55. The highest BCUT2D eigenvalue weighted by molar-refractivity contribution is 7.99. The van der Waals surface area contributed by atoms with Gasteiger partial charge in [-0.1, -0.05) is 0 Å². The number of thiophene rings is 1. The van der Waals surface area contributed by atoms with Gasteiger partial charge in [0.15, 0.2) is 0 Å². The monoisotopic (exact) mass is 430 g/mol. The van der Waals surface area contributed by atoms with E-state index in [-0.39, 0.29) is 0 Å². The second-order valence-electron chi connectivity index (χ2n) is 7.94. The van der Waals surface area contributed by atoms with E-state index in [1.807, 2.05) is 0 Å². The van der Waals surface area contributed by atoms with Crippen LogP contribution in [0.1, 0.15) is 47.8 Å². The van der Waals surface area contributed by atoms with Gasteiger partial charge < -0.3 is 4.42 Å². The summed E-state index contributed by atoms with van der Waals surface area (Å²) in [4.78, 5) is 16.9. The minimum Gasteiger partial charge on any atom is -0.414 e. The maximum Gasteiger partial charge on any atom is 0.283 e. The first kappa shape index (κ1) is 19.4. The van der Waals surface area contributed by atoms with Gasteiger partial charge in [0.05, 0.1) is 13.1 Å². The summed E-state index contributed by atoms with van der Waals surface area (Å²) in [5, 5.41) is 11.2. The van der Waals surface area contributed by atoms with Crippen LogP contribution in [0.5, 0.6) is 0 Å². The third-order valence-electron chi connectivity index (χ3n) is 5.80. The Bertz CT molecular complexity index is 1000. The third-order valence-corrected chi connectivity index (χ3v) is 7.72. The summed E-state index contributed by atoms with van der Waals surface area (Å²) in [6, 6.07) is 0. The summed E-state index contributed by atoms with van der Waals surface area (Å²) in [5.41, 5.74) is 1.25. The predicted octanol–water partition coefficient (Wildman–Crippen LogP) is 4.03. The van der Waals surface area contributed by atoms with Crippen LogP contribution in [0.4, 0.5) is 0 Å². The van der Waals surface area contributed by atoms with Gasteiger partial charge in [0.1, 0.15) is 15.7 Å². The molecule has 2 fully saturated rings. The van der Waals surface area contributed by atoms with E-state index in [9.17, 15) is 0 Å². The zero-order chi connectivity index (χ0) is 19.8. The lowest BCUT2D eigenvalue weighted by atomic mass is 10.2. The van der Waals surface area contributed by atoms with Crippen molar-refractivity contribution < 1.29 is 4.42 Å². The Morgan fingerprint density at radius 1 is 0.931 bits per heavy atom. The van der Waals surface area contributed by atoms with Gasteiger partial charge in [0.2, 0.25) is 5.89 Å².